The lowest BCUT2D eigenvalue weighted by molar-refractivity contribution is 0.0992. The molecule has 576 valence electrons. The topological polar surface area (TPSA) is 216 Å². The van der Waals surface area contributed by atoms with Crippen molar-refractivity contribution < 1.29 is 14.4 Å². The molecule has 8 aliphatic rings. The Morgan fingerprint density at radius 2 is 0.810 bits per heavy atom. The van der Waals surface area contributed by atoms with Crippen LogP contribution >= 0.6 is 0 Å². The third kappa shape index (κ3) is 15.0. The molecule has 0 bridgehead atoms. The smallest absolute Gasteiger partial charge is 0.184 e. The summed E-state index contributed by atoms with van der Waals surface area (Å²) in [5.41, 5.74) is 35.1. The molecule has 0 spiro atoms. The van der Waals surface area contributed by atoms with Crippen molar-refractivity contribution >= 4 is 63.0 Å². The molecule has 0 saturated heterocycles. The minimum absolute atomic E-state index is 0.0165. The van der Waals surface area contributed by atoms with Crippen LogP contribution in [0.1, 0.15) is 199 Å². The van der Waals surface area contributed by atoms with Crippen LogP contribution in [-0.2, 0) is 32.4 Å². The largest absolute Gasteiger partial charge is 0.377 e. The molecule has 0 amide bonds. The van der Waals surface area contributed by atoms with Crippen molar-refractivity contribution in [1.82, 2.24) is 35.6 Å². The number of anilines is 3. The maximum absolute atomic E-state index is 12.5. The van der Waals surface area contributed by atoms with Crippen molar-refractivity contribution in [2.24, 2.45) is 20.1 Å². The van der Waals surface area contributed by atoms with E-state index in [1.165, 1.54) is 72.3 Å². The quantitative estimate of drug-likeness (QED) is 0.0646. The summed E-state index contributed by atoms with van der Waals surface area (Å²) in [7, 11) is 6.15. The third-order valence-electron chi connectivity index (χ3n) is 23.5. The van der Waals surface area contributed by atoms with Gasteiger partial charge in [-0.2, -0.15) is 5.10 Å². The second-order valence-corrected chi connectivity index (χ2v) is 31.0. The zero-order chi connectivity index (χ0) is 79.3. The number of pyridine rings is 4. The molecular formula is C99H92N14O3. The zero-order valence-electron chi connectivity index (χ0n) is 65.8. The number of carbonyl (C=O) groups excluding carboxylic acids is 3. The molecule has 1 aliphatic carbocycles. The Kier molecular flexibility index (Phi) is 21.9. The first-order chi connectivity index (χ1) is 56.9. The molecule has 20 rings (SSSR count). The van der Waals surface area contributed by atoms with Gasteiger partial charge in [0.05, 0.1) is 64.4 Å². The number of aromatic nitrogens is 4. The Morgan fingerprint density at radius 1 is 0.405 bits per heavy atom. The van der Waals surface area contributed by atoms with Gasteiger partial charge in [-0.1, -0.05) is 179 Å². The van der Waals surface area contributed by atoms with E-state index < -0.39 is 0 Å². The van der Waals surface area contributed by atoms with Crippen LogP contribution in [0, 0.1) is 0 Å². The van der Waals surface area contributed by atoms with Crippen LogP contribution in [0.2, 0.25) is 0 Å². The Labute approximate surface area is 677 Å². The summed E-state index contributed by atoms with van der Waals surface area (Å²) in [5, 5.41) is 19.1. The van der Waals surface area contributed by atoms with Crippen LogP contribution in [0.4, 0.5) is 17.1 Å². The molecule has 8 atom stereocenters. The minimum atomic E-state index is 0.0165. The fourth-order valence-electron chi connectivity index (χ4n) is 18.2. The SMILES string of the molecule is C=C1NN=C2c3c(cccc31)CC(c1ccncc1)C2c1ccc(CN(C)C)cc1.CCCc1cccc(C2C3=NCC(=O)c4cccc(c43)NC2c2ccncc2)c1.CCc1cccc(C2C3=NCC(=O)c4cccc(c43)NC2c2ccncc2)c1.CNCc1ccc(C2C3=NCC(=O)c4cccc(c43)NC2c2ccncc2)cc1. The van der Waals surface area contributed by atoms with Gasteiger partial charge in [0.2, 0.25) is 0 Å². The molecule has 7 aliphatic heterocycles. The molecule has 17 nitrogen and oxygen atoms in total. The van der Waals surface area contributed by atoms with Crippen LogP contribution in [0.25, 0.3) is 5.70 Å². The molecule has 0 saturated carbocycles. The summed E-state index contributed by atoms with van der Waals surface area (Å²) >= 11 is 0. The molecule has 116 heavy (non-hydrogen) atoms. The molecule has 4 aromatic heterocycles. The van der Waals surface area contributed by atoms with Crippen molar-refractivity contribution in [3.8, 4) is 0 Å². The normalized spacial score (nSPS) is 19.9. The zero-order valence-corrected chi connectivity index (χ0v) is 65.8. The summed E-state index contributed by atoms with van der Waals surface area (Å²) in [6, 6.07) is 76.2. The number of hydrazone groups is 1. The van der Waals surface area contributed by atoms with Gasteiger partial charge in [0, 0.05) is 136 Å². The standard InChI is InChI=1S/C26H26N4.C25H23N3O.C24H22N4O.C24H21N3O/c1-17-22-6-4-5-21-15-23(19-11-13-27-14-12-19)24(26(25(21)22)29-28-17)20-9-7-18(8-10-20)16-30(2)3;1-2-5-16-6-3-7-18(14-16)22-24(17-10-12-26-13-11-17)28-20-9-4-8-19-21(29)15-27-25(22)23(19)20;1-25-13-15-5-7-16(8-6-15)21-23(17-9-11-26-12-10-17)28-19-4-2-3-18-20(29)14-27-24(21)22(18)19;1-2-15-5-3-6-17(13-15)21-23(16-9-11-25-12-10-16)27-19-8-4-7-18-20(28)14-26-24(21)22(18)19/h4-14,23-24,28H,1,15-16H2,2-3H3;3-4,6-14,22,24,28H,2,5,15H2,1H3;2-12,21,23,25,28H,13-14H2,1H3;3-13,21,23,27H,2,14H2,1H3. The summed E-state index contributed by atoms with van der Waals surface area (Å²) in [6.45, 7) is 11.0. The number of carbonyl (C=O) groups is 3. The van der Waals surface area contributed by atoms with Crippen LogP contribution < -0.4 is 26.7 Å². The van der Waals surface area contributed by atoms with E-state index >= 15 is 0 Å². The van der Waals surface area contributed by atoms with Gasteiger partial charge in [0.25, 0.3) is 0 Å². The predicted molar refractivity (Wildman–Crippen MR) is 464 cm³/mol. The monoisotopic (exact) mass is 1520 g/mol. The van der Waals surface area contributed by atoms with Crippen molar-refractivity contribution in [3.63, 3.8) is 0 Å². The fraction of sp³-hybridized carbons (Fsp3) is 0.222. The lowest BCUT2D eigenvalue weighted by atomic mass is 9.67. The Morgan fingerprint density at radius 3 is 1.26 bits per heavy atom. The number of rotatable bonds is 15. The van der Waals surface area contributed by atoms with E-state index in [0.717, 1.165) is 129 Å². The van der Waals surface area contributed by atoms with Gasteiger partial charge in [-0.3, -0.25) is 54.7 Å². The summed E-state index contributed by atoms with van der Waals surface area (Å²) < 4.78 is 0. The highest BCUT2D eigenvalue weighted by Crippen LogP contribution is 2.51. The first-order valence-corrected chi connectivity index (χ1v) is 40.2. The molecule has 17 heteroatoms. The second kappa shape index (κ2) is 33.5. The average molecular weight is 1530 g/mol. The lowest BCUT2D eigenvalue weighted by Crippen LogP contribution is -2.36. The third-order valence-corrected chi connectivity index (χ3v) is 23.5. The molecule has 0 radical (unpaired) electrons. The first kappa shape index (κ1) is 75.6. The van der Waals surface area contributed by atoms with Gasteiger partial charge < -0.3 is 26.2 Å². The number of aryl methyl sites for hydroxylation is 2. The number of benzene rings is 8. The van der Waals surface area contributed by atoms with E-state index in [1.54, 1.807) is 0 Å². The van der Waals surface area contributed by atoms with Gasteiger partial charge >= 0.3 is 0 Å². The molecule has 11 heterocycles. The van der Waals surface area contributed by atoms with Crippen LogP contribution in [0.15, 0.2) is 295 Å². The molecule has 0 fully saturated rings. The van der Waals surface area contributed by atoms with Crippen LogP contribution in [0.5, 0.6) is 0 Å². The van der Waals surface area contributed by atoms with Gasteiger partial charge in [-0.05, 0) is 179 Å². The van der Waals surface area contributed by atoms with Gasteiger partial charge in [-0.15, -0.1) is 0 Å². The molecule has 12 aromatic rings. The first-order valence-electron chi connectivity index (χ1n) is 40.2. The highest BCUT2D eigenvalue weighted by atomic mass is 16.1. The van der Waals surface area contributed by atoms with Gasteiger partial charge in [-0.25, -0.2) is 0 Å². The Bertz CT molecular complexity index is 5830. The summed E-state index contributed by atoms with van der Waals surface area (Å²) in [5.74, 6) is 0.837. The highest BCUT2D eigenvalue weighted by molar-refractivity contribution is 6.24. The maximum atomic E-state index is 12.5. The van der Waals surface area contributed by atoms with Crippen LogP contribution in [0.3, 0.4) is 0 Å². The number of nitrogens with one attached hydrogen (secondary N) is 5. The number of hydrogen-bond donors (Lipinski definition) is 5. The van der Waals surface area contributed by atoms with E-state index in [9.17, 15) is 14.4 Å². The molecule has 5 N–H and O–H groups in total. The fourth-order valence-corrected chi connectivity index (χ4v) is 18.2. The summed E-state index contributed by atoms with van der Waals surface area (Å²) in [6.07, 6.45) is 18.9. The number of aliphatic imine (C=N–C) groups is 3. The number of Topliss-reactive ketones (excluding diaryl/α,β-unsaturated/α-hetero) is 3. The van der Waals surface area contributed by atoms with Crippen molar-refractivity contribution in [2.45, 2.75) is 100 Å². The van der Waals surface area contributed by atoms with Gasteiger partial charge in [0.1, 0.15) is 19.6 Å². The van der Waals surface area contributed by atoms with Crippen molar-refractivity contribution in [2.75, 3.05) is 56.7 Å². The lowest BCUT2D eigenvalue weighted by Gasteiger charge is -2.38. The highest BCUT2D eigenvalue weighted by Gasteiger charge is 2.44. The van der Waals surface area contributed by atoms with Crippen molar-refractivity contribution in [1.29, 1.82) is 0 Å². The number of ketones is 3. The van der Waals surface area contributed by atoms with E-state index in [2.05, 4.69) is 238 Å². The molecular weight excluding hydrogens is 1430 g/mol. The van der Waals surface area contributed by atoms with E-state index in [-0.39, 0.29) is 78.8 Å². The Balaban J connectivity index is 0.000000111. The van der Waals surface area contributed by atoms with E-state index in [0.29, 0.717) is 5.92 Å². The predicted octanol–water partition coefficient (Wildman–Crippen LogP) is 17.8. The molecule has 8 unspecified atom stereocenters. The van der Waals surface area contributed by atoms with E-state index in [4.69, 9.17) is 20.1 Å². The summed E-state index contributed by atoms with van der Waals surface area (Å²) in [4.78, 5) is 70.8. The van der Waals surface area contributed by atoms with Gasteiger partial charge in [0.15, 0.2) is 17.3 Å². The average Bonchev–Trinajstić information content (AvgIpc) is 0.754. The number of nitrogens with zero attached hydrogens (tertiary/aromatic N) is 9. The minimum Gasteiger partial charge on any atom is -0.377 e. The Hall–Kier alpha value is -13.1. The maximum Gasteiger partial charge on any atom is 0.184 e. The molecule has 8 aromatic carbocycles. The van der Waals surface area contributed by atoms with E-state index in [1.807, 2.05) is 123 Å². The van der Waals surface area contributed by atoms with Crippen LogP contribution in [-0.4, -0.2) is 106 Å². The second-order valence-electron chi connectivity index (χ2n) is 31.0. The number of hydrogen-bond acceptors (Lipinski definition) is 17. The van der Waals surface area contributed by atoms with Crippen molar-refractivity contribution in [3.05, 3.63) is 391 Å².